The van der Waals surface area contributed by atoms with E-state index >= 15 is 0 Å². The molecule has 0 aromatic carbocycles. The first-order valence-corrected chi connectivity index (χ1v) is 12.9. The number of epoxide rings is 1. The fraction of sp³-hybridized carbons (Fsp3) is 0.667. The summed E-state index contributed by atoms with van der Waals surface area (Å²) in [5, 5.41) is 14.4. The van der Waals surface area contributed by atoms with Gasteiger partial charge in [0.2, 0.25) is 5.91 Å². The molecule has 206 valence electrons. The summed E-state index contributed by atoms with van der Waals surface area (Å²) in [5.41, 5.74) is 0.788. The first kappa shape index (κ1) is 28.9. The van der Waals surface area contributed by atoms with Crippen molar-refractivity contribution in [1.82, 2.24) is 10.6 Å². The Balaban J connectivity index is 1.46. The SMILES string of the molecule is CC(=O)O[C@@H](C)/C=C\C(=O)N[C@@H]1C[C@H](C)[C@H](C/C=C(C)/C=C/[C@@H]2CC3(CO3)C[C@@H](NC(=O)O)O2)O[C@@H]1C. The Kier molecular flexibility index (Phi) is 9.92. The van der Waals surface area contributed by atoms with Crippen LogP contribution in [0.1, 0.15) is 60.3 Å². The van der Waals surface area contributed by atoms with E-state index in [-0.39, 0.29) is 41.8 Å². The largest absolute Gasteiger partial charge is 0.465 e. The van der Waals surface area contributed by atoms with Crippen LogP contribution in [0.2, 0.25) is 0 Å². The summed E-state index contributed by atoms with van der Waals surface area (Å²) < 4.78 is 22.7. The molecule has 3 aliphatic heterocycles. The standard InChI is InChI=1S/C27H40N2O8/c1-16(6-9-21-13-27(15-34-27)14-25(37-21)29-26(32)33)7-10-23-17(2)12-22(19(4)36-23)28-24(31)11-8-18(3)35-20(5)30/h6-9,11,17-19,21-23,25,29H,10,12-15H2,1-5H3,(H,28,31)(H,32,33)/b9-6+,11-8-,16-7+/t17-,18-,19+,21+,22+,23-,25-,27?/m0/s1. The van der Waals surface area contributed by atoms with Crippen molar-refractivity contribution in [2.45, 2.75) is 103 Å². The fourth-order valence-electron chi connectivity index (χ4n) is 4.87. The highest BCUT2D eigenvalue weighted by atomic mass is 16.6. The van der Waals surface area contributed by atoms with E-state index < -0.39 is 24.4 Å². The van der Waals surface area contributed by atoms with Crippen LogP contribution >= 0.6 is 0 Å². The van der Waals surface area contributed by atoms with Crippen molar-refractivity contribution in [3.05, 3.63) is 36.0 Å². The molecule has 0 radical (unpaired) electrons. The molecule has 0 aromatic rings. The highest BCUT2D eigenvalue weighted by molar-refractivity contribution is 5.87. The van der Waals surface area contributed by atoms with Crippen LogP contribution in [0.4, 0.5) is 4.79 Å². The van der Waals surface area contributed by atoms with Gasteiger partial charge in [0.1, 0.15) is 12.3 Å². The summed E-state index contributed by atoms with van der Waals surface area (Å²) >= 11 is 0. The van der Waals surface area contributed by atoms with Crippen molar-refractivity contribution in [2.75, 3.05) is 6.61 Å². The average molecular weight is 521 g/mol. The zero-order valence-electron chi connectivity index (χ0n) is 22.3. The fourth-order valence-corrected chi connectivity index (χ4v) is 4.87. The van der Waals surface area contributed by atoms with Crippen LogP contribution in [0, 0.1) is 5.92 Å². The number of carbonyl (C=O) groups excluding carboxylic acids is 2. The lowest BCUT2D eigenvalue weighted by atomic mass is 9.88. The van der Waals surface area contributed by atoms with Crippen molar-refractivity contribution in [1.29, 1.82) is 0 Å². The molecular weight excluding hydrogens is 480 g/mol. The number of esters is 1. The lowest BCUT2D eigenvalue weighted by molar-refractivity contribution is -0.143. The van der Waals surface area contributed by atoms with Gasteiger partial charge in [-0.1, -0.05) is 30.7 Å². The van der Waals surface area contributed by atoms with Crippen LogP contribution < -0.4 is 10.6 Å². The van der Waals surface area contributed by atoms with Gasteiger partial charge in [0, 0.05) is 25.8 Å². The summed E-state index contributed by atoms with van der Waals surface area (Å²) in [7, 11) is 0. The Morgan fingerprint density at radius 3 is 2.51 bits per heavy atom. The van der Waals surface area contributed by atoms with Crippen molar-refractivity contribution in [3.8, 4) is 0 Å². The molecule has 3 fully saturated rings. The molecule has 3 heterocycles. The van der Waals surface area contributed by atoms with E-state index in [4.69, 9.17) is 24.1 Å². The maximum atomic E-state index is 12.3. The van der Waals surface area contributed by atoms with Crippen molar-refractivity contribution in [3.63, 3.8) is 0 Å². The molecule has 3 N–H and O–H groups in total. The Labute approximate surface area is 218 Å². The van der Waals surface area contributed by atoms with Crippen LogP contribution in [0.25, 0.3) is 0 Å². The predicted molar refractivity (Wildman–Crippen MR) is 136 cm³/mol. The average Bonchev–Trinajstić information content (AvgIpc) is 3.54. The molecule has 0 bridgehead atoms. The van der Waals surface area contributed by atoms with Gasteiger partial charge in [-0.25, -0.2) is 4.79 Å². The molecule has 1 unspecified atom stereocenters. The van der Waals surface area contributed by atoms with E-state index in [2.05, 4.69) is 23.6 Å². The highest BCUT2D eigenvalue weighted by Gasteiger charge is 2.51. The summed E-state index contributed by atoms with van der Waals surface area (Å²) in [6, 6.07) is -0.106. The number of allylic oxidation sites excluding steroid dienone is 2. The molecule has 3 saturated heterocycles. The third kappa shape index (κ3) is 9.28. The van der Waals surface area contributed by atoms with Crippen LogP contribution in [-0.2, 0) is 28.5 Å². The lowest BCUT2D eigenvalue weighted by Gasteiger charge is -2.39. The zero-order chi connectivity index (χ0) is 27.2. The van der Waals surface area contributed by atoms with Gasteiger partial charge in [0.25, 0.3) is 0 Å². The van der Waals surface area contributed by atoms with Gasteiger partial charge in [-0.2, -0.15) is 0 Å². The molecule has 10 nitrogen and oxygen atoms in total. The van der Waals surface area contributed by atoms with E-state index in [1.807, 2.05) is 26.0 Å². The predicted octanol–water partition coefficient (Wildman–Crippen LogP) is 3.23. The number of hydrogen-bond donors (Lipinski definition) is 3. The van der Waals surface area contributed by atoms with Gasteiger partial charge in [-0.05, 0) is 45.6 Å². The molecule has 0 aromatic heterocycles. The number of carboxylic acid groups (broad SMARTS) is 1. The Hall–Kier alpha value is -2.69. The molecule has 8 atom stereocenters. The van der Waals surface area contributed by atoms with E-state index in [0.717, 1.165) is 18.4 Å². The monoisotopic (exact) mass is 520 g/mol. The zero-order valence-corrected chi connectivity index (χ0v) is 22.3. The van der Waals surface area contributed by atoms with Gasteiger partial charge < -0.3 is 29.4 Å². The molecule has 0 saturated carbocycles. The van der Waals surface area contributed by atoms with E-state index in [0.29, 0.717) is 19.4 Å². The number of rotatable bonds is 9. The Bertz CT molecular complexity index is 925. The Morgan fingerprint density at radius 2 is 1.86 bits per heavy atom. The third-order valence-corrected chi connectivity index (χ3v) is 6.97. The first-order chi connectivity index (χ1) is 17.4. The minimum atomic E-state index is -1.11. The number of nitrogens with one attached hydrogen (secondary N) is 2. The maximum Gasteiger partial charge on any atom is 0.406 e. The van der Waals surface area contributed by atoms with Crippen molar-refractivity contribution < 1.29 is 38.4 Å². The smallest absolute Gasteiger partial charge is 0.406 e. The van der Waals surface area contributed by atoms with Crippen molar-refractivity contribution >= 4 is 18.0 Å². The maximum absolute atomic E-state index is 12.3. The molecule has 0 aliphatic carbocycles. The van der Waals surface area contributed by atoms with Crippen LogP contribution in [0.15, 0.2) is 36.0 Å². The van der Waals surface area contributed by atoms with E-state index in [9.17, 15) is 14.4 Å². The van der Waals surface area contributed by atoms with Crippen LogP contribution in [0.5, 0.6) is 0 Å². The van der Waals surface area contributed by atoms with Crippen LogP contribution in [0.3, 0.4) is 0 Å². The minimum absolute atomic E-state index is 0.0317. The second-order valence-corrected chi connectivity index (χ2v) is 10.4. The molecule has 3 aliphatic rings. The summed E-state index contributed by atoms with van der Waals surface area (Å²) in [4.78, 5) is 34.3. The molecule has 10 heteroatoms. The summed E-state index contributed by atoms with van der Waals surface area (Å²) in [5.74, 6) is -0.387. The second-order valence-electron chi connectivity index (χ2n) is 10.4. The van der Waals surface area contributed by atoms with Gasteiger partial charge >= 0.3 is 12.1 Å². The topological polar surface area (TPSA) is 136 Å². The molecule has 3 rings (SSSR count). The third-order valence-electron chi connectivity index (χ3n) is 6.97. The Morgan fingerprint density at radius 1 is 1.14 bits per heavy atom. The number of amides is 2. The molecule has 1 spiro atoms. The second kappa shape index (κ2) is 12.7. The molecule has 2 amide bonds. The number of hydrogen-bond acceptors (Lipinski definition) is 7. The first-order valence-electron chi connectivity index (χ1n) is 12.9. The van der Waals surface area contributed by atoms with Crippen molar-refractivity contribution in [2.24, 2.45) is 5.92 Å². The minimum Gasteiger partial charge on any atom is -0.465 e. The molecular formula is C27H40N2O8. The van der Waals surface area contributed by atoms with Crippen LogP contribution in [-0.4, -0.2) is 72.0 Å². The summed E-state index contributed by atoms with van der Waals surface area (Å²) in [6.07, 6.45) is 9.31. The normalized spacial score (nSPS) is 34.9. The summed E-state index contributed by atoms with van der Waals surface area (Å²) in [6.45, 7) is 9.75. The molecule has 37 heavy (non-hydrogen) atoms. The van der Waals surface area contributed by atoms with Gasteiger partial charge in [0.15, 0.2) is 0 Å². The number of carbonyl (C=O) groups is 3. The van der Waals surface area contributed by atoms with E-state index in [1.165, 1.54) is 13.0 Å². The van der Waals surface area contributed by atoms with E-state index in [1.54, 1.807) is 13.0 Å². The lowest BCUT2D eigenvalue weighted by Crippen LogP contribution is -2.50. The van der Waals surface area contributed by atoms with Gasteiger partial charge in [-0.3, -0.25) is 14.9 Å². The highest BCUT2D eigenvalue weighted by Crippen LogP contribution is 2.41. The number of ether oxygens (including phenoxy) is 4. The van der Waals surface area contributed by atoms with Gasteiger partial charge in [-0.15, -0.1) is 0 Å². The quantitative estimate of drug-likeness (QED) is 0.183. The van der Waals surface area contributed by atoms with Gasteiger partial charge in [0.05, 0.1) is 36.6 Å².